The number of hydrogen-bond acceptors (Lipinski definition) is 4. The lowest BCUT2D eigenvalue weighted by atomic mass is 9.95. The minimum atomic E-state index is -0.530. The average Bonchev–Trinajstić information content (AvgIpc) is 3.26. The maximum absolute atomic E-state index is 12.9. The van der Waals surface area contributed by atoms with Gasteiger partial charge in [0.25, 0.3) is 5.91 Å². The van der Waals surface area contributed by atoms with Crippen molar-refractivity contribution in [3.8, 4) is 5.75 Å². The molecule has 6 nitrogen and oxygen atoms in total. The Bertz CT molecular complexity index is 712. The minimum Gasteiger partial charge on any atom is -0.491 e. The van der Waals surface area contributed by atoms with Crippen LogP contribution in [0.5, 0.6) is 5.75 Å². The highest BCUT2D eigenvalue weighted by Crippen LogP contribution is 2.33. The molecule has 180 valence electrons. The van der Waals surface area contributed by atoms with Gasteiger partial charge in [-0.2, -0.15) is 0 Å². The van der Waals surface area contributed by atoms with Crippen LogP contribution in [0.25, 0.3) is 0 Å². The van der Waals surface area contributed by atoms with Gasteiger partial charge in [0.05, 0.1) is 6.10 Å². The summed E-state index contributed by atoms with van der Waals surface area (Å²) in [5.74, 6) is 0.434. The Labute approximate surface area is 194 Å². The first-order chi connectivity index (χ1) is 15.3. The Kier molecular flexibility index (Phi) is 10.5. The van der Waals surface area contributed by atoms with E-state index in [2.05, 4.69) is 43.5 Å². The van der Waals surface area contributed by atoms with E-state index in [1.807, 2.05) is 19.1 Å². The molecule has 6 heteroatoms. The van der Waals surface area contributed by atoms with E-state index in [1.54, 1.807) is 12.1 Å². The molecule has 0 aromatic heterocycles. The van der Waals surface area contributed by atoms with Gasteiger partial charge in [-0.15, -0.1) is 0 Å². The lowest BCUT2D eigenvalue weighted by molar-refractivity contribution is -0.123. The van der Waals surface area contributed by atoms with Crippen LogP contribution >= 0.6 is 0 Å². The predicted octanol–water partition coefficient (Wildman–Crippen LogP) is 4.53. The molecule has 1 unspecified atom stereocenters. The number of carbonyl (C=O) groups excluding carboxylic acids is 2. The largest absolute Gasteiger partial charge is 0.491 e. The lowest BCUT2D eigenvalue weighted by Gasteiger charge is -2.37. The van der Waals surface area contributed by atoms with Crippen molar-refractivity contribution >= 4 is 11.8 Å². The second-order valence-corrected chi connectivity index (χ2v) is 9.45. The Balaban J connectivity index is 1.93. The highest BCUT2D eigenvalue weighted by atomic mass is 16.5. The first kappa shape index (κ1) is 26.2. The zero-order chi connectivity index (χ0) is 23.6. The molecule has 2 N–H and O–H groups in total. The van der Waals surface area contributed by atoms with Gasteiger partial charge < -0.3 is 20.3 Å². The van der Waals surface area contributed by atoms with Gasteiger partial charge >= 0.3 is 0 Å². The summed E-state index contributed by atoms with van der Waals surface area (Å²) in [5.41, 5.74) is 0.564. The first-order valence-corrected chi connectivity index (χ1v) is 12.3. The Morgan fingerprint density at radius 2 is 1.72 bits per heavy atom. The van der Waals surface area contributed by atoms with E-state index in [4.69, 9.17) is 4.74 Å². The molecular formula is C26H43N3O3. The molecule has 2 rings (SSSR count). The van der Waals surface area contributed by atoms with E-state index in [0.29, 0.717) is 18.5 Å². The fraction of sp³-hybridized carbons (Fsp3) is 0.692. The zero-order valence-corrected chi connectivity index (χ0v) is 20.7. The molecule has 0 saturated heterocycles. The van der Waals surface area contributed by atoms with E-state index in [-0.39, 0.29) is 23.5 Å². The van der Waals surface area contributed by atoms with Crippen molar-refractivity contribution < 1.29 is 14.3 Å². The van der Waals surface area contributed by atoms with Gasteiger partial charge in [-0.25, -0.2) is 0 Å². The number of nitrogens with zero attached hydrogens (tertiary/aromatic N) is 1. The molecule has 1 fully saturated rings. The summed E-state index contributed by atoms with van der Waals surface area (Å²) < 4.78 is 5.92. The average molecular weight is 446 g/mol. The molecule has 1 aliphatic rings. The number of nitrogens with one attached hydrogen (secondary N) is 2. The normalized spacial score (nSPS) is 17.1. The minimum absolute atomic E-state index is 0.0283. The highest BCUT2D eigenvalue weighted by molar-refractivity contribution is 5.97. The number of benzene rings is 1. The molecule has 0 heterocycles. The fourth-order valence-corrected chi connectivity index (χ4v) is 4.46. The molecule has 2 atom stereocenters. The van der Waals surface area contributed by atoms with Gasteiger partial charge in [0.15, 0.2) is 0 Å². The quantitative estimate of drug-likeness (QED) is 0.468. The van der Waals surface area contributed by atoms with Crippen molar-refractivity contribution in [1.29, 1.82) is 0 Å². The van der Waals surface area contributed by atoms with Crippen LogP contribution < -0.4 is 15.4 Å². The van der Waals surface area contributed by atoms with Crippen molar-refractivity contribution in [2.45, 2.75) is 96.2 Å². The van der Waals surface area contributed by atoms with E-state index < -0.39 is 6.04 Å². The smallest absolute Gasteiger partial charge is 0.251 e. The summed E-state index contributed by atoms with van der Waals surface area (Å²) in [7, 11) is 4.17. The van der Waals surface area contributed by atoms with Crippen LogP contribution in [-0.4, -0.2) is 55.0 Å². The number of rotatable bonds is 13. The van der Waals surface area contributed by atoms with Gasteiger partial charge in [-0.3, -0.25) is 9.59 Å². The summed E-state index contributed by atoms with van der Waals surface area (Å²) in [5, 5.41) is 6.05. The van der Waals surface area contributed by atoms with Crippen LogP contribution in [-0.2, 0) is 4.79 Å². The summed E-state index contributed by atoms with van der Waals surface area (Å²) in [6.45, 7) is 6.88. The highest BCUT2D eigenvalue weighted by Gasteiger charge is 2.36. The Morgan fingerprint density at radius 3 is 2.28 bits per heavy atom. The zero-order valence-electron chi connectivity index (χ0n) is 20.7. The van der Waals surface area contributed by atoms with E-state index >= 15 is 0 Å². The topological polar surface area (TPSA) is 70.7 Å². The number of ether oxygens (including phenoxy) is 1. The molecule has 2 amide bonds. The maximum Gasteiger partial charge on any atom is 0.251 e. The Morgan fingerprint density at radius 1 is 1.06 bits per heavy atom. The molecule has 1 aliphatic carbocycles. The SMILES string of the molecule is CCCCC(C)Oc1ccc(C(=O)N[C@@H](CCC)C(=O)NCC2(N(C)C)CCCC2)cc1. The van der Waals surface area contributed by atoms with Crippen LogP contribution in [0.15, 0.2) is 24.3 Å². The van der Waals surface area contributed by atoms with Crippen molar-refractivity contribution in [2.24, 2.45) is 0 Å². The number of amides is 2. The van der Waals surface area contributed by atoms with Gasteiger partial charge in [0, 0.05) is 17.6 Å². The maximum atomic E-state index is 12.9. The van der Waals surface area contributed by atoms with Gasteiger partial charge in [0.2, 0.25) is 5.91 Å². The van der Waals surface area contributed by atoms with Crippen LogP contribution in [0.1, 0.15) is 88.9 Å². The van der Waals surface area contributed by atoms with Gasteiger partial charge in [0.1, 0.15) is 11.8 Å². The molecule has 0 aliphatic heterocycles. The number of carbonyl (C=O) groups is 2. The predicted molar refractivity (Wildman–Crippen MR) is 130 cm³/mol. The van der Waals surface area contributed by atoms with Crippen molar-refractivity contribution in [3.05, 3.63) is 29.8 Å². The molecule has 32 heavy (non-hydrogen) atoms. The molecule has 1 aromatic carbocycles. The molecule has 0 radical (unpaired) electrons. The first-order valence-electron chi connectivity index (χ1n) is 12.3. The summed E-state index contributed by atoms with van der Waals surface area (Å²) in [6, 6.07) is 6.65. The summed E-state index contributed by atoms with van der Waals surface area (Å²) in [4.78, 5) is 28.0. The molecule has 1 aromatic rings. The molecule has 0 bridgehead atoms. The van der Waals surface area contributed by atoms with Gasteiger partial charge in [-0.05, 0) is 71.0 Å². The second kappa shape index (κ2) is 12.8. The number of hydrogen-bond donors (Lipinski definition) is 2. The second-order valence-electron chi connectivity index (χ2n) is 9.45. The van der Waals surface area contributed by atoms with Crippen LogP contribution in [0.4, 0.5) is 0 Å². The van der Waals surface area contributed by atoms with Crippen molar-refractivity contribution in [2.75, 3.05) is 20.6 Å². The van der Waals surface area contributed by atoms with Crippen LogP contribution in [0, 0.1) is 0 Å². The lowest BCUT2D eigenvalue weighted by Crippen LogP contribution is -2.54. The summed E-state index contributed by atoms with van der Waals surface area (Å²) >= 11 is 0. The molecule has 0 spiro atoms. The van der Waals surface area contributed by atoms with Crippen molar-refractivity contribution in [3.63, 3.8) is 0 Å². The molecule has 1 saturated carbocycles. The summed E-state index contributed by atoms with van der Waals surface area (Å²) in [6.07, 6.45) is 9.46. The third-order valence-electron chi connectivity index (χ3n) is 6.69. The van der Waals surface area contributed by atoms with Crippen LogP contribution in [0.3, 0.4) is 0 Å². The number of unbranched alkanes of at least 4 members (excludes halogenated alkanes) is 1. The monoisotopic (exact) mass is 445 g/mol. The van der Waals surface area contributed by atoms with E-state index in [9.17, 15) is 9.59 Å². The van der Waals surface area contributed by atoms with Crippen molar-refractivity contribution in [1.82, 2.24) is 15.5 Å². The standard InChI is InChI=1S/C26H43N3O3/c1-6-8-12-20(3)32-22-15-13-21(14-16-22)24(30)28-23(11-7-2)25(31)27-19-26(29(4)5)17-9-10-18-26/h13-16,20,23H,6-12,17-19H2,1-5H3,(H,27,31)(H,28,30)/t20?,23-/m0/s1. The van der Waals surface area contributed by atoms with Gasteiger partial charge in [-0.1, -0.05) is 46.0 Å². The van der Waals surface area contributed by atoms with E-state index in [0.717, 1.165) is 44.3 Å². The number of likely N-dealkylation sites (N-methyl/N-ethyl adjacent to an activating group) is 1. The Hall–Kier alpha value is -2.08. The third-order valence-corrected chi connectivity index (χ3v) is 6.69. The van der Waals surface area contributed by atoms with Crippen LogP contribution in [0.2, 0.25) is 0 Å². The molecular weight excluding hydrogens is 402 g/mol. The fourth-order valence-electron chi connectivity index (χ4n) is 4.46. The third kappa shape index (κ3) is 7.51. The van der Waals surface area contributed by atoms with E-state index in [1.165, 1.54) is 12.8 Å².